The van der Waals surface area contributed by atoms with Crippen LogP contribution in [0.4, 0.5) is 10.1 Å². The molecule has 1 aromatic heterocycles. The van der Waals surface area contributed by atoms with E-state index in [-0.39, 0.29) is 17.8 Å². The predicted octanol–water partition coefficient (Wildman–Crippen LogP) is 3.19. The smallest absolute Gasteiger partial charge is 0.123 e. The number of aliphatic hydroxyl groups is 1. The van der Waals surface area contributed by atoms with Gasteiger partial charge in [-0.15, -0.1) is 0 Å². The first kappa shape index (κ1) is 16.9. The van der Waals surface area contributed by atoms with Crippen LogP contribution in [-0.4, -0.2) is 30.4 Å². The lowest BCUT2D eigenvalue weighted by atomic mass is 9.90. The number of anilines is 1. The van der Waals surface area contributed by atoms with Crippen molar-refractivity contribution in [3.8, 4) is 0 Å². The van der Waals surface area contributed by atoms with E-state index in [1.54, 1.807) is 19.2 Å². The van der Waals surface area contributed by atoms with Crippen LogP contribution in [0.5, 0.6) is 0 Å². The zero-order chi connectivity index (χ0) is 17.3. The summed E-state index contributed by atoms with van der Waals surface area (Å²) in [6.07, 6.45) is 0.139. The molecular weight excluding hydrogens is 307 g/mol. The number of hydrogen-bond acceptors (Lipinski definition) is 4. The highest BCUT2D eigenvalue weighted by molar-refractivity contribution is 5.59. The molecule has 2 aromatic rings. The molecule has 1 unspecified atom stereocenters. The highest BCUT2D eigenvalue weighted by atomic mass is 19.1. The Morgan fingerprint density at radius 3 is 2.67 bits per heavy atom. The third kappa shape index (κ3) is 3.14. The van der Waals surface area contributed by atoms with Gasteiger partial charge in [0.15, 0.2) is 0 Å². The second-order valence-electron chi connectivity index (χ2n) is 6.88. The molecule has 2 heterocycles. The Kier molecular flexibility index (Phi) is 4.56. The van der Waals surface area contributed by atoms with Crippen LogP contribution in [0.1, 0.15) is 42.5 Å². The summed E-state index contributed by atoms with van der Waals surface area (Å²) in [5, 5.41) is 13.1. The van der Waals surface area contributed by atoms with E-state index in [2.05, 4.69) is 25.2 Å². The fourth-order valence-corrected chi connectivity index (χ4v) is 3.13. The fraction of sp³-hybridized carbons (Fsp3) is 0.421. The molecule has 1 atom stereocenters. The van der Waals surface area contributed by atoms with Gasteiger partial charge in [0.2, 0.25) is 0 Å². The maximum Gasteiger partial charge on any atom is 0.123 e. The number of benzene rings is 1. The van der Waals surface area contributed by atoms with Crippen molar-refractivity contribution in [1.82, 2.24) is 4.98 Å². The van der Waals surface area contributed by atoms with Crippen molar-refractivity contribution in [2.24, 2.45) is 0 Å². The Bertz CT molecular complexity index is 725. The standard InChI is InChI=1S/C19H23FN2O2/c1-19(2)11-21-15-9-13(8-12-4-6-14(20)7-5-12)17(22-18(15)19)16(10-23)24-3/h4-7,9,16,21,23H,8,10-11H2,1-3H3. The van der Waals surface area contributed by atoms with E-state index in [1.165, 1.54) is 12.1 Å². The third-order valence-corrected chi connectivity index (χ3v) is 4.56. The Balaban J connectivity index is 2.05. The van der Waals surface area contributed by atoms with Crippen molar-refractivity contribution in [2.45, 2.75) is 31.8 Å². The SMILES string of the molecule is COC(CO)c1nc2c(cc1Cc1ccc(F)cc1)NCC2(C)C. The number of hydrogen-bond donors (Lipinski definition) is 2. The predicted molar refractivity (Wildman–Crippen MR) is 91.8 cm³/mol. The van der Waals surface area contributed by atoms with Crippen molar-refractivity contribution >= 4 is 5.69 Å². The zero-order valence-corrected chi connectivity index (χ0v) is 14.3. The van der Waals surface area contributed by atoms with E-state index >= 15 is 0 Å². The number of fused-ring (bicyclic) bond motifs is 1. The first-order chi connectivity index (χ1) is 11.4. The van der Waals surface area contributed by atoms with Gasteiger partial charge in [0.05, 0.1) is 23.7 Å². The molecule has 0 fully saturated rings. The Labute approximate surface area is 141 Å². The van der Waals surface area contributed by atoms with Crippen molar-refractivity contribution in [3.63, 3.8) is 0 Å². The van der Waals surface area contributed by atoms with Crippen molar-refractivity contribution in [3.05, 3.63) is 58.7 Å². The summed E-state index contributed by atoms with van der Waals surface area (Å²) < 4.78 is 18.6. The van der Waals surface area contributed by atoms with Gasteiger partial charge in [0.1, 0.15) is 11.9 Å². The van der Waals surface area contributed by atoms with Crippen LogP contribution in [0.3, 0.4) is 0 Å². The van der Waals surface area contributed by atoms with Gasteiger partial charge < -0.3 is 15.2 Å². The van der Waals surface area contributed by atoms with Gasteiger partial charge in [0.25, 0.3) is 0 Å². The number of pyridine rings is 1. The van der Waals surface area contributed by atoms with Gasteiger partial charge in [-0.2, -0.15) is 0 Å². The molecular formula is C19H23FN2O2. The minimum absolute atomic E-state index is 0.0633. The molecule has 0 spiro atoms. The summed E-state index contributed by atoms with van der Waals surface area (Å²) in [5.41, 5.74) is 4.67. The number of nitrogens with one attached hydrogen (secondary N) is 1. The molecule has 0 saturated heterocycles. The number of ether oxygens (including phenoxy) is 1. The van der Waals surface area contributed by atoms with Crippen molar-refractivity contribution < 1.29 is 14.2 Å². The lowest BCUT2D eigenvalue weighted by Gasteiger charge is -2.21. The molecule has 128 valence electrons. The minimum Gasteiger partial charge on any atom is -0.393 e. The van der Waals surface area contributed by atoms with Crippen LogP contribution in [0.25, 0.3) is 0 Å². The molecule has 2 N–H and O–H groups in total. The number of methoxy groups -OCH3 is 1. The maximum atomic E-state index is 13.1. The summed E-state index contributed by atoms with van der Waals surface area (Å²) in [6, 6.07) is 8.53. The van der Waals surface area contributed by atoms with Gasteiger partial charge in [-0.3, -0.25) is 4.98 Å². The molecule has 5 heteroatoms. The van der Waals surface area contributed by atoms with Crippen LogP contribution in [0.15, 0.2) is 30.3 Å². The number of aromatic nitrogens is 1. The molecule has 24 heavy (non-hydrogen) atoms. The lowest BCUT2D eigenvalue weighted by molar-refractivity contribution is 0.0447. The Morgan fingerprint density at radius 2 is 2.04 bits per heavy atom. The highest BCUT2D eigenvalue weighted by Crippen LogP contribution is 2.37. The molecule has 1 aliphatic rings. The first-order valence-electron chi connectivity index (χ1n) is 8.11. The van der Waals surface area contributed by atoms with Gasteiger partial charge in [0, 0.05) is 19.1 Å². The summed E-state index contributed by atoms with van der Waals surface area (Å²) >= 11 is 0. The molecule has 0 aliphatic carbocycles. The zero-order valence-electron chi connectivity index (χ0n) is 14.3. The fourth-order valence-electron chi connectivity index (χ4n) is 3.13. The Morgan fingerprint density at radius 1 is 1.33 bits per heavy atom. The van der Waals surface area contributed by atoms with Crippen molar-refractivity contribution in [1.29, 1.82) is 0 Å². The van der Waals surface area contributed by atoms with E-state index in [0.29, 0.717) is 6.42 Å². The summed E-state index contributed by atoms with van der Waals surface area (Å²) in [5.74, 6) is -0.250. The second kappa shape index (κ2) is 6.49. The van der Waals surface area contributed by atoms with Crippen LogP contribution in [0, 0.1) is 5.82 Å². The van der Waals surface area contributed by atoms with Crippen LogP contribution in [0.2, 0.25) is 0 Å². The number of rotatable bonds is 5. The lowest BCUT2D eigenvalue weighted by Crippen LogP contribution is -2.21. The topological polar surface area (TPSA) is 54.4 Å². The monoisotopic (exact) mass is 330 g/mol. The average molecular weight is 330 g/mol. The van der Waals surface area contributed by atoms with Crippen molar-refractivity contribution in [2.75, 3.05) is 25.6 Å². The minimum atomic E-state index is -0.470. The van der Waals surface area contributed by atoms with Crippen LogP contribution >= 0.6 is 0 Å². The van der Waals surface area contributed by atoms with E-state index in [9.17, 15) is 9.50 Å². The molecule has 1 aromatic carbocycles. The normalized spacial score (nSPS) is 16.5. The number of aliphatic hydroxyl groups excluding tert-OH is 1. The summed E-state index contributed by atoms with van der Waals surface area (Å²) in [7, 11) is 1.57. The maximum absolute atomic E-state index is 13.1. The van der Waals surface area contributed by atoms with Crippen LogP contribution in [-0.2, 0) is 16.6 Å². The molecule has 1 aliphatic heterocycles. The molecule has 3 rings (SSSR count). The van der Waals surface area contributed by atoms with E-state index in [1.807, 2.05) is 0 Å². The van der Waals surface area contributed by atoms with Gasteiger partial charge >= 0.3 is 0 Å². The Hall–Kier alpha value is -1.98. The third-order valence-electron chi connectivity index (χ3n) is 4.56. The largest absolute Gasteiger partial charge is 0.393 e. The van der Waals surface area contributed by atoms with E-state index < -0.39 is 6.10 Å². The molecule has 0 amide bonds. The van der Waals surface area contributed by atoms with Gasteiger partial charge in [-0.25, -0.2) is 4.39 Å². The average Bonchev–Trinajstić information content (AvgIpc) is 2.86. The van der Waals surface area contributed by atoms with E-state index in [4.69, 9.17) is 9.72 Å². The van der Waals surface area contributed by atoms with E-state index in [0.717, 1.165) is 34.7 Å². The first-order valence-corrected chi connectivity index (χ1v) is 8.11. The van der Waals surface area contributed by atoms with Gasteiger partial charge in [-0.1, -0.05) is 26.0 Å². The quantitative estimate of drug-likeness (QED) is 0.884. The molecule has 0 saturated carbocycles. The molecule has 0 bridgehead atoms. The van der Waals surface area contributed by atoms with Gasteiger partial charge in [-0.05, 0) is 35.7 Å². The number of halogens is 1. The highest BCUT2D eigenvalue weighted by Gasteiger charge is 2.33. The van der Waals surface area contributed by atoms with Crippen LogP contribution < -0.4 is 5.32 Å². The summed E-state index contributed by atoms with van der Waals surface area (Å²) in [4.78, 5) is 4.84. The molecule has 0 radical (unpaired) electrons. The summed E-state index contributed by atoms with van der Waals surface area (Å²) in [6.45, 7) is 4.98. The molecule has 4 nitrogen and oxygen atoms in total. The number of nitrogens with zero attached hydrogens (tertiary/aromatic N) is 1. The second-order valence-corrected chi connectivity index (χ2v) is 6.88.